The molecule has 1 amide bonds. The van der Waals surface area contributed by atoms with Gasteiger partial charge in [-0.25, -0.2) is 0 Å². The number of pyridine rings is 1. The van der Waals surface area contributed by atoms with Gasteiger partial charge in [0.05, 0.1) is 10.7 Å². The number of rotatable bonds is 4. The normalized spacial score (nSPS) is 10.5. The molecule has 3 aromatic rings. The molecule has 3 rings (SSSR count). The van der Waals surface area contributed by atoms with Crippen molar-refractivity contribution in [1.82, 2.24) is 4.98 Å². The van der Waals surface area contributed by atoms with Crippen molar-refractivity contribution >= 4 is 40.5 Å². The molecule has 0 aliphatic carbocycles. The second kappa shape index (κ2) is 7.55. The van der Waals surface area contributed by atoms with Gasteiger partial charge in [0.25, 0.3) is 5.91 Å². The van der Waals surface area contributed by atoms with Crippen LogP contribution in [-0.2, 0) is 6.42 Å². The van der Waals surface area contributed by atoms with Crippen LogP contribution in [0, 0.1) is 0 Å². The standard InChI is InChI=1S/C19H15Cl2N3O/c20-13-1-3-14(4-2-13)24-19(25)15-5-6-17(21)18(22)16(15)11-12-7-9-23-10-8-12/h1-10H,11,22H2,(H,24,25). The van der Waals surface area contributed by atoms with Gasteiger partial charge in [-0.3, -0.25) is 9.78 Å². The van der Waals surface area contributed by atoms with Crippen LogP contribution in [0.15, 0.2) is 60.9 Å². The summed E-state index contributed by atoms with van der Waals surface area (Å²) in [4.78, 5) is 16.7. The van der Waals surface area contributed by atoms with E-state index in [9.17, 15) is 4.79 Å². The first-order chi connectivity index (χ1) is 12.0. The molecule has 0 radical (unpaired) electrons. The number of halogens is 2. The second-order valence-corrected chi connectivity index (χ2v) is 6.32. The lowest BCUT2D eigenvalue weighted by molar-refractivity contribution is 0.102. The molecule has 0 fully saturated rings. The highest BCUT2D eigenvalue weighted by molar-refractivity contribution is 6.33. The molecule has 25 heavy (non-hydrogen) atoms. The van der Waals surface area contributed by atoms with E-state index >= 15 is 0 Å². The molecule has 0 saturated heterocycles. The van der Waals surface area contributed by atoms with Crippen LogP contribution in [0.5, 0.6) is 0 Å². The second-order valence-electron chi connectivity index (χ2n) is 5.48. The van der Waals surface area contributed by atoms with Gasteiger partial charge in [0.2, 0.25) is 0 Å². The van der Waals surface area contributed by atoms with Gasteiger partial charge in [-0.05, 0) is 59.7 Å². The van der Waals surface area contributed by atoms with Crippen LogP contribution in [-0.4, -0.2) is 10.9 Å². The number of carbonyl (C=O) groups is 1. The van der Waals surface area contributed by atoms with Crippen molar-refractivity contribution in [2.24, 2.45) is 0 Å². The maximum absolute atomic E-state index is 12.7. The summed E-state index contributed by atoms with van der Waals surface area (Å²) >= 11 is 12.0. The minimum Gasteiger partial charge on any atom is -0.397 e. The number of nitrogens with two attached hydrogens (primary N) is 1. The summed E-state index contributed by atoms with van der Waals surface area (Å²) in [6.07, 6.45) is 3.88. The highest BCUT2D eigenvalue weighted by atomic mass is 35.5. The van der Waals surface area contributed by atoms with Gasteiger partial charge in [-0.2, -0.15) is 0 Å². The topological polar surface area (TPSA) is 68.0 Å². The van der Waals surface area contributed by atoms with Gasteiger partial charge in [-0.1, -0.05) is 23.2 Å². The first kappa shape index (κ1) is 17.3. The third-order valence-electron chi connectivity index (χ3n) is 3.78. The third kappa shape index (κ3) is 4.10. The van der Waals surface area contributed by atoms with Gasteiger partial charge >= 0.3 is 0 Å². The number of nitrogens with zero attached hydrogens (tertiary/aromatic N) is 1. The van der Waals surface area contributed by atoms with Crippen molar-refractivity contribution in [3.05, 3.63) is 87.7 Å². The molecule has 0 unspecified atom stereocenters. The Labute approximate surface area is 155 Å². The summed E-state index contributed by atoms with van der Waals surface area (Å²) in [5, 5.41) is 3.88. The van der Waals surface area contributed by atoms with Crippen molar-refractivity contribution in [3.8, 4) is 0 Å². The molecule has 0 spiro atoms. The summed E-state index contributed by atoms with van der Waals surface area (Å²) in [7, 11) is 0. The molecule has 1 aromatic heterocycles. The minimum atomic E-state index is -0.255. The van der Waals surface area contributed by atoms with Gasteiger partial charge in [0.15, 0.2) is 0 Å². The molecule has 0 saturated carbocycles. The fourth-order valence-corrected chi connectivity index (χ4v) is 2.78. The van der Waals surface area contributed by atoms with Crippen LogP contribution < -0.4 is 11.1 Å². The Morgan fingerprint density at radius 1 is 1.00 bits per heavy atom. The molecule has 4 nitrogen and oxygen atoms in total. The van der Waals surface area contributed by atoms with E-state index in [2.05, 4.69) is 10.3 Å². The molecule has 6 heteroatoms. The summed E-state index contributed by atoms with van der Waals surface area (Å²) in [5.41, 5.74) is 9.35. The monoisotopic (exact) mass is 371 g/mol. The maximum atomic E-state index is 12.7. The zero-order chi connectivity index (χ0) is 17.8. The molecule has 0 aliphatic rings. The number of carbonyl (C=O) groups excluding carboxylic acids is 1. The van der Waals surface area contributed by atoms with Crippen molar-refractivity contribution in [1.29, 1.82) is 0 Å². The Kier molecular flexibility index (Phi) is 5.22. The van der Waals surface area contributed by atoms with Gasteiger partial charge in [0.1, 0.15) is 0 Å². The Morgan fingerprint density at radius 2 is 1.68 bits per heavy atom. The number of amides is 1. The van der Waals surface area contributed by atoms with E-state index in [0.29, 0.717) is 39.0 Å². The molecule has 0 aliphatic heterocycles. The van der Waals surface area contributed by atoms with Crippen molar-refractivity contribution in [3.63, 3.8) is 0 Å². The lowest BCUT2D eigenvalue weighted by Crippen LogP contribution is -2.16. The summed E-state index contributed by atoms with van der Waals surface area (Å²) in [6, 6.07) is 14.0. The predicted octanol–water partition coefficient (Wildman–Crippen LogP) is 4.81. The highest BCUT2D eigenvalue weighted by Gasteiger charge is 2.17. The highest BCUT2D eigenvalue weighted by Crippen LogP contribution is 2.29. The minimum absolute atomic E-state index is 0.255. The fraction of sp³-hybridized carbons (Fsp3) is 0.0526. The Hall–Kier alpha value is -2.56. The average Bonchev–Trinajstić information content (AvgIpc) is 2.62. The van der Waals surface area contributed by atoms with E-state index in [-0.39, 0.29) is 5.91 Å². The van der Waals surface area contributed by atoms with Crippen molar-refractivity contribution in [2.75, 3.05) is 11.1 Å². The lowest BCUT2D eigenvalue weighted by Gasteiger charge is -2.14. The fourth-order valence-electron chi connectivity index (χ4n) is 2.48. The summed E-state index contributed by atoms with van der Waals surface area (Å²) < 4.78 is 0. The van der Waals surface area contributed by atoms with Crippen molar-refractivity contribution in [2.45, 2.75) is 6.42 Å². The summed E-state index contributed by atoms with van der Waals surface area (Å²) in [5.74, 6) is -0.255. The maximum Gasteiger partial charge on any atom is 0.256 e. The molecule has 1 heterocycles. The van der Waals surface area contributed by atoms with Gasteiger partial charge in [-0.15, -0.1) is 0 Å². The van der Waals surface area contributed by atoms with E-state index in [1.54, 1.807) is 48.8 Å². The molecule has 0 bridgehead atoms. The zero-order valence-corrected chi connectivity index (χ0v) is 14.7. The van der Waals surface area contributed by atoms with Gasteiger partial charge in [0, 0.05) is 35.1 Å². The smallest absolute Gasteiger partial charge is 0.256 e. The van der Waals surface area contributed by atoms with E-state index in [1.165, 1.54) is 0 Å². The number of hydrogen-bond donors (Lipinski definition) is 2. The van der Waals surface area contributed by atoms with E-state index in [1.807, 2.05) is 12.1 Å². The van der Waals surface area contributed by atoms with Crippen LogP contribution in [0.1, 0.15) is 21.5 Å². The summed E-state index contributed by atoms with van der Waals surface area (Å²) in [6.45, 7) is 0. The predicted molar refractivity (Wildman–Crippen MR) is 102 cm³/mol. The zero-order valence-electron chi connectivity index (χ0n) is 13.2. The Balaban J connectivity index is 1.93. The van der Waals surface area contributed by atoms with Crippen LogP contribution in [0.25, 0.3) is 0 Å². The Bertz CT molecular complexity index is 897. The largest absolute Gasteiger partial charge is 0.397 e. The van der Waals surface area contributed by atoms with E-state index in [0.717, 1.165) is 5.56 Å². The molecular weight excluding hydrogens is 357 g/mol. The van der Waals surface area contributed by atoms with Crippen LogP contribution in [0.4, 0.5) is 11.4 Å². The molecule has 3 N–H and O–H groups in total. The van der Waals surface area contributed by atoms with Crippen LogP contribution in [0.3, 0.4) is 0 Å². The molecular formula is C19H15Cl2N3O. The number of benzene rings is 2. The van der Waals surface area contributed by atoms with Crippen molar-refractivity contribution < 1.29 is 4.79 Å². The first-order valence-corrected chi connectivity index (χ1v) is 8.33. The molecule has 2 aromatic carbocycles. The lowest BCUT2D eigenvalue weighted by atomic mass is 9.98. The van der Waals surface area contributed by atoms with E-state index < -0.39 is 0 Å². The number of nitrogens with one attached hydrogen (secondary N) is 1. The Morgan fingerprint density at radius 3 is 2.36 bits per heavy atom. The molecule has 126 valence electrons. The quantitative estimate of drug-likeness (QED) is 0.646. The number of aromatic nitrogens is 1. The number of anilines is 2. The third-order valence-corrected chi connectivity index (χ3v) is 4.36. The average molecular weight is 372 g/mol. The molecule has 0 atom stereocenters. The van der Waals surface area contributed by atoms with Gasteiger partial charge < -0.3 is 11.1 Å². The number of hydrogen-bond acceptors (Lipinski definition) is 3. The number of nitrogen functional groups attached to an aromatic ring is 1. The van der Waals surface area contributed by atoms with E-state index in [4.69, 9.17) is 28.9 Å². The van der Waals surface area contributed by atoms with Crippen LogP contribution in [0.2, 0.25) is 10.0 Å². The van der Waals surface area contributed by atoms with Crippen LogP contribution >= 0.6 is 23.2 Å². The first-order valence-electron chi connectivity index (χ1n) is 7.57. The SMILES string of the molecule is Nc1c(Cl)ccc(C(=O)Nc2ccc(Cl)cc2)c1Cc1ccncc1.